The molecule has 0 spiro atoms. The number of benzene rings is 3. The summed E-state index contributed by atoms with van der Waals surface area (Å²) in [6.45, 7) is 2.78. The van der Waals surface area contributed by atoms with E-state index in [1.54, 1.807) is 12.1 Å². The number of halogens is 3. The maximum absolute atomic E-state index is 14.2. The number of carbonyl (C=O) groups excluding carboxylic acids is 1. The van der Waals surface area contributed by atoms with Gasteiger partial charge in [-0.2, -0.15) is 0 Å². The Hall–Kier alpha value is -4.80. The Labute approximate surface area is 221 Å². The number of piperazine rings is 1. The molecule has 1 amide bonds. The van der Waals surface area contributed by atoms with Gasteiger partial charge in [0.1, 0.15) is 34.3 Å². The number of fused-ring (bicyclic) bond motifs is 3. The van der Waals surface area contributed by atoms with Crippen LogP contribution in [-0.4, -0.2) is 46.5 Å². The van der Waals surface area contributed by atoms with Gasteiger partial charge in [0.15, 0.2) is 0 Å². The highest BCUT2D eigenvalue weighted by atomic mass is 19.1. The summed E-state index contributed by atoms with van der Waals surface area (Å²) < 4.78 is 43.1. The van der Waals surface area contributed by atoms with Crippen molar-refractivity contribution in [2.75, 3.05) is 41.7 Å². The van der Waals surface area contributed by atoms with Crippen molar-refractivity contribution in [3.8, 4) is 0 Å². The number of nitrogen functional groups attached to an aromatic ring is 1. The Balaban J connectivity index is 1.13. The summed E-state index contributed by atoms with van der Waals surface area (Å²) in [4.78, 5) is 25.5. The predicted octanol–water partition coefficient (Wildman–Crippen LogP) is 4.14. The molecule has 1 aliphatic rings. The van der Waals surface area contributed by atoms with Crippen molar-refractivity contribution in [3.63, 3.8) is 0 Å². The van der Waals surface area contributed by atoms with Crippen LogP contribution in [0.3, 0.4) is 0 Å². The SMILES string of the molecule is Nc1nc2c(F)cccc2c2nc(C(=O)NCc3cccc(N4CCN(c5ccc(F)cc5F)CC4)c3)cn12. The fourth-order valence-corrected chi connectivity index (χ4v) is 4.91. The second kappa shape index (κ2) is 9.82. The van der Waals surface area contributed by atoms with Gasteiger partial charge in [-0.25, -0.2) is 23.1 Å². The molecule has 3 N–H and O–H groups in total. The smallest absolute Gasteiger partial charge is 0.271 e. The van der Waals surface area contributed by atoms with E-state index in [0.29, 0.717) is 42.9 Å². The number of para-hydroxylation sites is 1. The number of rotatable bonds is 5. The molecule has 198 valence electrons. The number of imidazole rings is 1. The quantitative estimate of drug-likeness (QED) is 0.354. The van der Waals surface area contributed by atoms with E-state index in [4.69, 9.17) is 5.73 Å². The summed E-state index contributed by atoms with van der Waals surface area (Å²) in [5.74, 6) is -2.04. The highest BCUT2D eigenvalue weighted by Gasteiger charge is 2.21. The van der Waals surface area contributed by atoms with E-state index in [9.17, 15) is 18.0 Å². The maximum atomic E-state index is 14.2. The number of anilines is 3. The van der Waals surface area contributed by atoms with Gasteiger partial charge in [0.2, 0.25) is 5.95 Å². The molecule has 1 saturated heterocycles. The number of nitrogens with two attached hydrogens (primary N) is 1. The van der Waals surface area contributed by atoms with Crippen molar-refractivity contribution in [2.24, 2.45) is 0 Å². The van der Waals surface area contributed by atoms with Crippen LogP contribution in [0.5, 0.6) is 0 Å². The minimum Gasteiger partial charge on any atom is -0.369 e. The summed E-state index contributed by atoms with van der Waals surface area (Å²) in [6, 6.07) is 16.0. The molecule has 0 unspecified atom stereocenters. The number of nitrogens with zero attached hydrogens (tertiary/aromatic N) is 5. The number of aromatic nitrogens is 3. The van der Waals surface area contributed by atoms with Crippen molar-refractivity contribution < 1.29 is 18.0 Å². The van der Waals surface area contributed by atoms with Gasteiger partial charge in [-0.05, 0) is 42.0 Å². The lowest BCUT2D eigenvalue weighted by atomic mass is 10.1. The third-order valence-corrected chi connectivity index (χ3v) is 6.90. The third-order valence-electron chi connectivity index (χ3n) is 6.90. The monoisotopic (exact) mass is 531 g/mol. The van der Waals surface area contributed by atoms with Gasteiger partial charge in [0, 0.05) is 56.1 Å². The van der Waals surface area contributed by atoms with Crippen LogP contribution >= 0.6 is 0 Å². The maximum Gasteiger partial charge on any atom is 0.271 e. The van der Waals surface area contributed by atoms with Gasteiger partial charge in [0.05, 0.1) is 5.69 Å². The minimum atomic E-state index is -0.593. The average Bonchev–Trinajstić information content (AvgIpc) is 3.40. The van der Waals surface area contributed by atoms with Crippen LogP contribution in [0.1, 0.15) is 16.1 Å². The fraction of sp³-hybridized carbons (Fsp3) is 0.179. The Morgan fingerprint density at radius 1 is 0.897 bits per heavy atom. The number of amides is 1. The molecule has 0 radical (unpaired) electrons. The zero-order valence-electron chi connectivity index (χ0n) is 20.7. The Morgan fingerprint density at radius 3 is 2.46 bits per heavy atom. The molecule has 0 saturated carbocycles. The molecule has 3 aromatic carbocycles. The molecule has 0 bridgehead atoms. The van der Waals surface area contributed by atoms with Crippen LogP contribution < -0.4 is 20.9 Å². The second-order valence-electron chi connectivity index (χ2n) is 9.35. The first-order valence-corrected chi connectivity index (χ1v) is 12.4. The number of hydrogen-bond acceptors (Lipinski definition) is 6. The fourth-order valence-electron chi connectivity index (χ4n) is 4.91. The van der Waals surface area contributed by atoms with Gasteiger partial charge in [-0.3, -0.25) is 9.20 Å². The van der Waals surface area contributed by atoms with Crippen molar-refractivity contribution in [3.05, 3.63) is 95.6 Å². The van der Waals surface area contributed by atoms with E-state index >= 15 is 0 Å². The molecule has 39 heavy (non-hydrogen) atoms. The minimum absolute atomic E-state index is 0.0316. The zero-order chi connectivity index (χ0) is 27.1. The largest absolute Gasteiger partial charge is 0.369 e. The van der Waals surface area contributed by atoms with E-state index in [0.717, 1.165) is 17.3 Å². The molecule has 6 rings (SSSR count). The molecule has 1 fully saturated rings. The molecule has 2 aromatic heterocycles. The lowest BCUT2D eigenvalue weighted by Crippen LogP contribution is -2.46. The van der Waals surface area contributed by atoms with Crippen LogP contribution in [-0.2, 0) is 6.54 Å². The van der Waals surface area contributed by atoms with Crippen LogP contribution in [0.4, 0.5) is 30.5 Å². The van der Waals surface area contributed by atoms with Gasteiger partial charge in [-0.15, -0.1) is 0 Å². The number of hydrogen-bond donors (Lipinski definition) is 2. The molecular formula is C28H24F3N7O. The summed E-state index contributed by atoms with van der Waals surface area (Å²) in [6.07, 6.45) is 1.48. The molecule has 11 heteroatoms. The van der Waals surface area contributed by atoms with Gasteiger partial charge < -0.3 is 20.9 Å². The van der Waals surface area contributed by atoms with E-state index in [2.05, 4.69) is 20.2 Å². The summed E-state index contributed by atoms with van der Waals surface area (Å²) in [7, 11) is 0. The van der Waals surface area contributed by atoms with Crippen LogP contribution in [0.15, 0.2) is 66.9 Å². The topological polar surface area (TPSA) is 91.8 Å². The lowest BCUT2D eigenvalue weighted by Gasteiger charge is -2.37. The van der Waals surface area contributed by atoms with Crippen molar-refractivity contribution in [1.82, 2.24) is 19.7 Å². The molecule has 1 aliphatic heterocycles. The van der Waals surface area contributed by atoms with Crippen molar-refractivity contribution in [1.29, 1.82) is 0 Å². The van der Waals surface area contributed by atoms with E-state index < -0.39 is 23.4 Å². The van der Waals surface area contributed by atoms with Gasteiger partial charge >= 0.3 is 0 Å². The van der Waals surface area contributed by atoms with Crippen LogP contribution in [0.2, 0.25) is 0 Å². The van der Waals surface area contributed by atoms with E-state index in [1.807, 2.05) is 29.2 Å². The van der Waals surface area contributed by atoms with Gasteiger partial charge in [-0.1, -0.05) is 18.2 Å². The van der Waals surface area contributed by atoms with Crippen molar-refractivity contribution in [2.45, 2.75) is 6.54 Å². The molecule has 0 atom stereocenters. The molecule has 3 heterocycles. The summed E-state index contributed by atoms with van der Waals surface area (Å²) in [5.41, 5.74) is 8.85. The van der Waals surface area contributed by atoms with E-state index in [1.165, 1.54) is 28.8 Å². The first kappa shape index (κ1) is 24.5. The highest BCUT2D eigenvalue weighted by Crippen LogP contribution is 2.25. The Kier molecular flexibility index (Phi) is 6.18. The second-order valence-corrected chi connectivity index (χ2v) is 9.35. The van der Waals surface area contributed by atoms with Crippen LogP contribution in [0.25, 0.3) is 16.6 Å². The van der Waals surface area contributed by atoms with Crippen molar-refractivity contribution >= 4 is 39.8 Å². The van der Waals surface area contributed by atoms with Crippen LogP contribution in [0, 0.1) is 17.5 Å². The molecule has 8 nitrogen and oxygen atoms in total. The highest BCUT2D eigenvalue weighted by molar-refractivity contribution is 5.97. The van der Waals surface area contributed by atoms with Gasteiger partial charge in [0.25, 0.3) is 5.91 Å². The number of carbonyl (C=O) groups is 1. The molecule has 5 aromatic rings. The molecule has 0 aliphatic carbocycles. The standard InChI is InChI=1S/C28H24F3N7O/c29-18-7-8-24(22(31)14-18)37-11-9-36(10-12-37)19-4-1-3-17(13-19)15-33-27(39)23-16-38-26(34-23)20-5-2-6-21(30)25(20)35-28(38)32/h1-8,13-14,16H,9-12,15H2,(H2,32,35)(H,33,39). The lowest BCUT2D eigenvalue weighted by molar-refractivity contribution is 0.0946. The number of nitrogens with one attached hydrogen (secondary N) is 1. The molecular weight excluding hydrogens is 507 g/mol. The first-order valence-electron chi connectivity index (χ1n) is 12.4. The van der Waals surface area contributed by atoms with E-state index in [-0.39, 0.29) is 23.7 Å². The normalized spacial score (nSPS) is 13.8. The third kappa shape index (κ3) is 4.67. The zero-order valence-corrected chi connectivity index (χ0v) is 20.7. The Bertz CT molecular complexity index is 1710. The Morgan fingerprint density at radius 2 is 1.67 bits per heavy atom. The first-order chi connectivity index (χ1) is 18.9. The predicted molar refractivity (Wildman–Crippen MR) is 143 cm³/mol. The average molecular weight is 532 g/mol. The summed E-state index contributed by atoms with van der Waals surface area (Å²) >= 11 is 0. The summed E-state index contributed by atoms with van der Waals surface area (Å²) in [5, 5.41) is 3.33.